The molecule has 0 saturated carbocycles. The Morgan fingerprint density at radius 3 is 2.92 bits per heavy atom. The van der Waals surface area contributed by atoms with E-state index in [2.05, 4.69) is 27.0 Å². The molecule has 0 bridgehead atoms. The van der Waals surface area contributed by atoms with E-state index in [1.54, 1.807) is 12.3 Å². The highest BCUT2D eigenvalue weighted by molar-refractivity contribution is 9.10. The van der Waals surface area contributed by atoms with Gasteiger partial charge in [-0.2, -0.15) is 5.26 Å². The number of H-pyrrole nitrogens is 1. The van der Waals surface area contributed by atoms with E-state index in [9.17, 15) is 0 Å². The second-order valence-corrected chi connectivity index (χ2v) is 3.92. The maximum Gasteiger partial charge on any atom is 0.101 e. The Bertz CT molecular complexity index is 510. The van der Waals surface area contributed by atoms with Gasteiger partial charge in [0.25, 0.3) is 0 Å². The lowest BCUT2D eigenvalue weighted by molar-refractivity contribution is 1.44. The van der Waals surface area contributed by atoms with Gasteiger partial charge in [0.05, 0.1) is 11.1 Å². The Labute approximate surface area is 88.3 Å². The molecule has 1 N–H and O–H groups in total. The SMILES string of the molecule is N#Cc1cc(Cl)cc2c(Br)c[nH]c12. The molecule has 1 aromatic carbocycles. The molecule has 2 aromatic rings. The topological polar surface area (TPSA) is 39.6 Å². The molecule has 1 aromatic heterocycles. The number of halogens is 2. The van der Waals surface area contributed by atoms with Crippen LogP contribution in [0.4, 0.5) is 0 Å². The van der Waals surface area contributed by atoms with Crippen molar-refractivity contribution < 1.29 is 0 Å². The molecule has 2 nitrogen and oxygen atoms in total. The minimum atomic E-state index is 0.563. The molecular weight excluding hydrogens is 251 g/mol. The van der Waals surface area contributed by atoms with Crippen LogP contribution < -0.4 is 0 Å². The third-order valence-corrected chi connectivity index (χ3v) is 2.70. The van der Waals surface area contributed by atoms with Gasteiger partial charge in [-0.1, -0.05) is 11.6 Å². The molecule has 1 heterocycles. The van der Waals surface area contributed by atoms with Crippen molar-refractivity contribution in [2.45, 2.75) is 0 Å². The average molecular weight is 256 g/mol. The second kappa shape index (κ2) is 3.06. The molecular formula is C9H4BrClN2. The fourth-order valence-corrected chi connectivity index (χ4v) is 1.90. The van der Waals surface area contributed by atoms with Gasteiger partial charge in [-0.3, -0.25) is 0 Å². The van der Waals surface area contributed by atoms with Crippen molar-refractivity contribution >= 4 is 38.4 Å². The minimum Gasteiger partial charge on any atom is -0.359 e. The molecule has 0 atom stereocenters. The molecule has 0 aliphatic heterocycles. The molecule has 2 rings (SSSR count). The van der Waals surface area contributed by atoms with Crippen molar-refractivity contribution in [1.82, 2.24) is 4.98 Å². The summed E-state index contributed by atoms with van der Waals surface area (Å²) in [6, 6.07) is 5.55. The first kappa shape index (κ1) is 8.61. The van der Waals surface area contributed by atoms with Crippen LogP contribution in [0.1, 0.15) is 5.56 Å². The van der Waals surface area contributed by atoms with E-state index in [-0.39, 0.29) is 0 Å². The van der Waals surface area contributed by atoms with Gasteiger partial charge in [0.15, 0.2) is 0 Å². The number of nitrogens with one attached hydrogen (secondary N) is 1. The summed E-state index contributed by atoms with van der Waals surface area (Å²) in [5.41, 5.74) is 1.38. The van der Waals surface area contributed by atoms with Crippen molar-refractivity contribution in [2.75, 3.05) is 0 Å². The normalized spacial score (nSPS) is 10.2. The number of nitriles is 1. The van der Waals surface area contributed by atoms with Gasteiger partial charge in [0, 0.05) is 21.1 Å². The summed E-state index contributed by atoms with van der Waals surface area (Å²) in [7, 11) is 0. The van der Waals surface area contributed by atoms with Crippen LogP contribution in [0, 0.1) is 11.3 Å². The molecule has 0 aliphatic rings. The van der Waals surface area contributed by atoms with Gasteiger partial charge in [0.2, 0.25) is 0 Å². The highest BCUT2D eigenvalue weighted by Gasteiger charge is 2.06. The summed E-state index contributed by atoms with van der Waals surface area (Å²) in [6.45, 7) is 0. The Morgan fingerprint density at radius 2 is 2.23 bits per heavy atom. The minimum absolute atomic E-state index is 0.563. The lowest BCUT2D eigenvalue weighted by Gasteiger charge is -1.95. The zero-order valence-corrected chi connectivity index (χ0v) is 8.78. The standard InChI is InChI=1S/C9H4BrClN2/c10-8-4-13-9-5(3-12)1-6(11)2-7(8)9/h1-2,4,13H. The van der Waals surface area contributed by atoms with Gasteiger partial charge < -0.3 is 4.98 Å². The Hall–Kier alpha value is -0.980. The number of nitrogens with zero attached hydrogens (tertiary/aromatic N) is 1. The maximum atomic E-state index is 8.83. The number of hydrogen-bond acceptors (Lipinski definition) is 1. The number of fused-ring (bicyclic) bond motifs is 1. The van der Waals surface area contributed by atoms with Crippen LogP contribution in [0.5, 0.6) is 0 Å². The van der Waals surface area contributed by atoms with E-state index in [1.165, 1.54) is 0 Å². The molecule has 0 amide bonds. The number of aromatic amines is 1. The van der Waals surface area contributed by atoms with Gasteiger partial charge >= 0.3 is 0 Å². The second-order valence-electron chi connectivity index (χ2n) is 2.62. The van der Waals surface area contributed by atoms with E-state index < -0.39 is 0 Å². The molecule has 0 saturated heterocycles. The third kappa shape index (κ3) is 1.32. The van der Waals surface area contributed by atoms with E-state index in [0.717, 1.165) is 15.4 Å². The van der Waals surface area contributed by atoms with Gasteiger partial charge in [-0.05, 0) is 28.1 Å². The molecule has 4 heteroatoms. The molecule has 0 unspecified atom stereocenters. The van der Waals surface area contributed by atoms with E-state index in [0.29, 0.717) is 10.6 Å². The zero-order valence-electron chi connectivity index (χ0n) is 6.44. The van der Waals surface area contributed by atoms with Crippen molar-refractivity contribution in [2.24, 2.45) is 0 Å². The third-order valence-electron chi connectivity index (χ3n) is 1.82. The highest BCUT2D eigenvalue weighted by Crippen LogP contribution is 2.28. The van der Waals surface area contributed by atoms with Gasteiger partial charge in [-0.15, -0.1) is 0 Å². The predicted molar refractivity (Wildman–Crippen MR) is 55.7 cm³/mol. The lowest BCUT2D eigenvalue weighted by Crippen LogP contribution is -1.77. The fraction of sp³-hybridized carbons (Fsp3) is 0. The van der Waals surface area contributed by atoms with Crippen molar-refractivity contribution in [3.05, 3.63) is 33.4 Å². The molecule has 0 spiro atoms. The zero-order chi connectivity index (χ0) is 9.42. The maximum absolute atomic E-state index is 8.83. The van der Waals surface area contributed by atoms with Crippen LogP contribution in [0.15, 0.2) is 22.8 Å². The number of hydrogen-bond donors (Lipinski definition) is 1. The predicted octanol–water partition coefficient (Wildman–Crippen LogP) is 3.46. The molecule has 0 radical (unpaired) electrons. The van der Waals surface area contributed by atoms with Crippen LogP contribution >= 0.6 is 27.5 Å². The van der Waals surface area contributed by atoms with E-state index >= 15 is 0 Å². The highest BCUT2D eigenvalue weighted by atomic mass is 79.9. The smallest absolute Gasteiger partial charge is 0.101 e. The summed E-state index contributed by atoms with van der Waals surface area (Å²) in [4.78, 5) is 3.01. The van der Waals surface area contributed by atoms with Gasteiger partial charge in [-0.25, -0.2) is 0 Å². The average Bonchev–Trinajstić information content (AvgIpc) is 2.47. The lowest BCUT2D eigenvalue weighted by atomic mass is 10.2. The van der Waals surface area contributed by atoms with Crippen LogP contribution in [-0.4, -0.2) is 4.98 Å². The Kier molecular flexibility index (Phi) is 2.03. The number of rotatable bonds is 0. The van der Waals surface area contributed by atoms with Crippen LogP contribution in [0.2, 0.25) is 5.02 Å². The monoisotopic (exact) mass is 254 g/mol. The van der Waals surface area contributed by atoms with Gasteiger partial charge in [0.1, 0.15) is 6.07 Å². The molecule has 0 aliphatic carbocycles. The first-order chi connectivity index (χ1) is 6.22. The quantitative estimate of drug-likeness (QED) is 0.769. The van der Waals surface area contributed by atoms with Crippen LogP contribution in [0.3, 0.4) is 0 Å². The first-order valence-electron chi connectivity index (χ1n) is 3.58. The van der Waals surface area contributed by atoms with E-state index in [1.807, 2.05) is 6.07 Å². The van der Waals surface area contributed by atoms with Crippen molar-refractivity contribution in [1.29, 1.82) is 5.26 Å². The Balaban J connectivity index is 2.94. The molecule has 0 fully saturated rings. The van der Waals surface area contributed by atoms with Crippen LogP contribution in [-0.2, 0) is 0 Å². The molecule has 64 valence electrons. The van der Waals surface area contributed by atoms with Crippen LogP contribution in [0.25, 0.3) is 10.9 Å². The van der Waals surface area contributed by atoms with Crippen molar-refractivity contribution in [3.63, 3.8) is 0 Å². The number of aromatic nitrogens is 1. The summed E-state index contributed by atoms with van der Waals surface area (Å²) in [5.74, 6) is 0. The number of benzene rings is 1. The summed E-state index contributed by atoms with van der Waals surface area (Å²) >= 11 is 9.21. The first-order valence-corrected chi connectivity index (χ1v) is 4.75. The van der Waals surface area contributed by atoms with Crippen molar-refractivity contribution in [3.8, 4) is 6.07 Å². The largest absolute Gasteiger partial charge is 0.359 e. The fourth-order valence-electron chi connectivity index (χ4n) is 1.25. The summed E-state index contributed by atoms with van der Waals surface area (Å²) in [5, 5.41) is 10.3. The van der Waals surface area contributed by atoms with E-state index in [4.69, 9.17) is 16.9 Å². The summed E-state index contributed by atoms with van der Waals surface area (Å²) < 4.78 is 0.918. The summed E-state index contributed by atoms with van der Waals surface area (Å²) in [6.07, 6.45) is 1.79. The molecule has 13 heavy (non-hydrogen) atoms. The Morgan fingerprint density at radius 1 is 1.46 bits per heavy atom.